The maximum atomic E-state index is 12.7. The van der Waals surface area contributed by atoms with Gasteiger partial charge in [0.1, 0.15) is 18.0 Å². The highest BCUT2D eigenvalue weighted by molar-refractivity contribution is 5.94. The van der Waals surface area contributed by atoms with E-state index >= 15 is 0 Å². The summed E-state index contributed by atoms with van der Waals surface area (Å²) in [4.78, 5) is 19.0. The number of benzene rings is 1. The number of carbonyl (C=O) groups is 1. The molecule has 0 radical (unpaired) electrons. The van der Waals surface area contributed by atoms with Gasteiger partial charge in [0, 0.05) is 31.5 Å². The normalized spacial score (nSPS) is 10.8. The third-order valence-electron chi connectivity index (χ3n) is 4.68. The highest BCUT2D eigenvalue weighted by atomic mass is 35.5. The largest absolute Gasteiger partial charge is 0.487 e. The van der Waals surface area contributed by atoms with Crippen molar-refractivity contribution in [2.24, 2.45) is 11.1 Å². The van der Waals surface area contributed by atoms with Crippen LogP contribution in [-0.4, -0.2) is 40.3 Å². The van der Waals surface area contributed by atoms with Crippen LogP contribution in [0.4, 0.5) is 0 Å². The molecule has 3 aromatic rings. The van der Waals surface area contributed by atoms with Gasteiger partial charge in [-0.2, -0.15) is 0 Å². The zero-order valence-electron chi connectivity index (χ0n) is 17.8. The number of pyridine rings is 1. The van der Waals surface area contributed by atoms with Crippen molar-refractivity contribution >= 4 is 36.4 Å². The topological polar surface area (TPSA) is 72.9 Å². The molecule has 0 unspecified atom stereocenters. The minimum Gasteiger partial charge on any atom is -0.487 e. The Labute approximate surface area is 190 Å². The Morgan fingerprint density at radius 3 is 2.63 bits per heavy atom. The minimum atomic E-state index is -0.125. The van der Waals surface area contributed by atoms with Crippen molar-refractivity contribution in [1.29, 1.82) is 0 Å². The number of halogens is 2. The monoisotopic (exact) mass is 452 g/mol. The molecule has 2 aromatic heterocycles. The summed E-state index contributed by atoms with van der Waals surface area (Å²) < 4.78 is 7.87. The van der Waals surface area contributed by atoms with Crippen LogP contribution >= 0.6 is 24.8 Å². The molecule has 164 valence electrons. The van der Waals surface area contributed by atoms with Crippen molar-refractivity contribution < 1.29 is 9.53 Å². The van der Waals surface area contributed by atoms with Crippen LogP contribution < -0.4 is 10.5 Å². The predicted octanol–water partition coefficient (Wildman–Crippen LogP) is 4.12. The SMILES string of the molecule is Cc1ccc2nc(COc3cccc(C(=O)N(C)CC(C)(C)CN)c3)cn2c1.Cl.Cl. The van der Waals surface area contributed by atoms with Crippen molar-refractivity contribution in [3.05, 3.63) is 65.6 Å². The van der Waals surface area contributed by atoms with Gasteiger partial charge in [-0.05, 0) is 48.7 Å². The van der Waals surface area contributed by atoms with Gasteiger partial charge in [-0.1, -0.05) is 26.0 Å². The lowest BCUT2D eigenvalue weighted by molar-refractivity contribution is 0.0740. The fraction of sp³-hybridized carbons (Fsp3) is 0.364. The number of rotatable bonds is 7. The molecule has 0 aliphatic heterocycles. The fourth-order valence-corrected chi connectivity index (χ4v) is 3.10. The average Bonchev–Trinajstić information content (AvgIpc) is 3.07. The smallest absolute Gasteiger partial charge is 0.253 e. The van der Waals surface area contributed by atoms with Crippen molar-refractivity contribution in [3.8, 4) is 5.75 Å². The molecule has 0 atom stereocenters. The number of amides is 1. The summed E-state index contributed by atoms with van der Waals surface area (Å²) >= 11 is 0. The molecule has 2 N–H and O–H groups in total. The fourth-order valence-electron chi connectivity index (χ4n) is 3.10. The number of aromatic nitrogens is 2. The second-order valence-electron chi connectivity index (χ2n) is 8.05. The number of nitrogens with zero attached hydrogens (tertiary/aromatic N) is 3. The number of ether oxygens (including phenoxy) is 1. The van der Waals surface area contributed by atoms with Crippen molar-refractivity contribution in [2.75, 3.05) is 20.1 Å². The maximum Gasteiger partial charge on any atom is 0.253 e. The van der Waals surface area contributed by atoms with E-state index in [0.717, 1.165) is 11.3 Å². The van der Waals surface area contributed by atoms with Crippen LogP contribution in [0.1, 0.15) is 35.5 Å². The lowest BCUT2D eigenvalue weighted by atomic mass is 9.93. The molecule has 2 heterocycles. The van der Waals surface area contributed by atoms with Crippen LogP contribution in [0.5, 0.6) is 5.75 Å². The van der Waals surface area contributed by atoms with Gasteiger partial charge in [0.05, 0.1) is 5.69 Å². The number of imidazole rings is 1. The Bertz CT molecular complexity index is 988. The Kier molecular flexibility index (Phi) is 9.15. The van der Waals surface area contributed by atoms with E-state index in [2.05, 4.69) is 4.98 Å². The molecule has 1 aromatic carbocycles. The van der Waals surface area contributed by atoms with E-state index in [1.165, 1.54) is 5.56 Å². The first-order valence-corrected chi connectivity index (χ1v) is 9.40. The van der Waals surface area contributed by atoms with Gasteiger partial charge in [0.2, 0.25) is 0 Å². The third-order valence-corrected chi connectivity index (χ3v) is 4.68. The first-order valence-electron chi connectivity index (χ1n) is 9.40. The molecule has 8 heteroatoms. The Morgan fingerprint density at radius 2 is 1.93 bits per heavy atom. The van der Waals surface area contributed by atoms with E-state index in [0.29, 0.717) is 31.0 Å². The molecule has 30 heavy (non-hydrogen) atoms. The molecular weight excluding hydrogens is 423 g/mol. The molecule has 0 fully saturated rings. The number of nitrogens with two attached hydrogens (primary N) is 1. The molecule has 3 rings (SSSR count). The minimum absolute atomic E-state index is 0. The lowest BCUT2D eigenvalue weighted by Gasteiger charge is -2.29. The van der Waals surface area contributed by atoms with E-state index in [1.807, 2.05) is 61.8 Å². The number of aryl methyl sites for hydroxylation is 1. The quantitative estimate of drug-likeness (QED) is 0.584. The molecule has 0 bridgehead atoms. The van der Waals surface area contributed by atoms with Crippen molar-refractivity contribution in [2.45, 2.75) is 27.4 Å². The summed E-state index contributed by atoms with van der Waals surface area (Å²) in [6.07, 6.45) is 3.99. The summed E-state index contributed by atoms with van der Waals surface area (Å²) in [5.74, 6) is 0.598. The second-order valence-corrected chi connectivity index (χ2v) is 8.05. The van der Waals surface area contributed by atoms with Crippen LogP contribution in [0.25, 0.3) is 5.65 Å². The van der Waals surface area contributed by atoms with Crippen LogP contribution in [-0.2, 0) is 6.61 Å². The van der Waals surface area contributed by atoms with Gasteiger partial charge in [-0.3, -0.25) is 4.79 Å². The van der Waals surface area contributed by atoms with Crippen molar-refractivity contribution in [3.63, 3.8) is 0 Å². The van der Waals surface area contributed by atoms with E-state index in [9.17, 15) is 4.79 Å². The zero-order chi connectivity index (χ0) is 20.3. The summed E-state index contributed by atoms with van der Waals surface area (Å²) in [7, 11) is 1.80. The number of hydrogen-bond donors (Lipinski definition) is 1. The summed E-state index contributed by atoms with van der Waals surface area (Å²) in [5, 5.41) is 0. The molecule has 6 nitrogen and oxygen atoms in total. The standard InChI is InChI=1S/C22H28N4O2.2ClH/c1-16-8-9-20-24-18(12-26(20)11-16)13-28-19-7-5-6-17(10-19)21(27)25(4)15-22(2,3)14-23;;/h5-12H,13-15,23H2,1-4H3;2*1H. The first kappa shape index (κ1) is 25.8. The van der Waals surface area contributed by atoms with Gasteiger partial charge in [-0.25, -0.2) is 4.98 Å². The Hall–Kier alpha value is -2.28. The van der Waals surface area contributed by atoms with Crippen LogP contribution in [0.2, 0.25) is 0 Å². The van der Waals surface area contributed by atoms with E-state index in [4.69, 9.17) is 10.5 Å². The number of carbonyl (C=O) groups excluding carboxylic acids is 1. The number of hydrogen-bond acceptors (Lipinski definition) is 4. The predicted molar refractivity (Wildman–Crippen MR) is 125 cm³/mol. The molecule has 1 amide bonds. The van der Waals surface area contributed by atoms with E-state index in [1.54, 1.807) is 24.1 Å². The summed E-state index contributed by atoms with van der Waals surface area (Å²) in [6.45, 7) is 7.60. The van der Waals surface area contributed by atoms with Gasteiger partial charge in [0.25, 0.3) is 5.91 Å². The van der Waals surface area contributed by atoms with Crippen LogP contribution in [0.15, 0.2) is 48.8 Å². The highest BCUT2D eigenvalue weighted by Crippen LogP contribution is 2.19. The van der Waals surface area contributed by atoms with Gasteiger partial charge >= 0.3 is 0 Å². The number of fused-ring (bicyclic) bond motifs is 1. The molecule has 0 saturated carbocycles. The van der Waals surface area contributed by atoms with E-state index < -0.39 is 0 Å². The average molecular weight is 453 g/mol. The second kappa shape index (κ2) is 10.7. The van der Waals surface area contributed by atoms with Gasteiger partial charge < -0.3 is 19.8 Å². The first-order chi connectivity index (χ1) is 13.3. The van der Waals surface area contributed by atoms with Crippen molar-refractivity contribution in [1.82, 2.24) is 14.3 Å². The van der Waals surface area contributed by atoms with Crippen LogP contribution in [0.3, 0.4) is 0 Å². The third kappa shape index (κ3) is 6.36. The van der Waals surface area contributed by atoms with Gasteiger partial charge in [0.15, 0.2) is 0 Å². The molecular formula is C22H30Cl2N4O2. The zero-order valence-corrected chi connectivity index (χ0v) is 19.4. The molecule has 0 aliphatic carbocycles. The molecule has 0 aliphatic rings. The molecule has 0 saturated heterocycles. The Morgan fingerprint density at radius 1 is 1.20 bits per heavy atom. The lowest BCUT2D eigenvalue weighted by Crippen LogP contribution is -2.39. The maximum absolute atomic E-state index is 12.7. The summed E-state index contributed by atoms with van der Waals surface area (Å²) in [5.41, 5.74) is 9.15. The van der Waals surface area contributed by atoms with Gasteiger partial charge in [-0.15, -0.1) is 24.8 Å². The molecule has 0 spiro atoms. The van der Waals surface area contributed by atoms with E-state index in [-0.39, 0.29) is 36.1 Å². The summed E-state index contributed by atoms with van der Waals surface area (Å²) in [6, 6.07) is 11.3. The van der Waals surface area contributed by atoms with Crippen LogP contribution in [0, 0.1) is 12.3 Å². The highest BCUT2D eigenvalue weighted by Gasteiger charge is 2.22. The Balaban J connectivity index is 0.00000225.